The topological polar surface area (TPSA) is 100 Å². The summed E-state index contributed by atoms with van der Waals surface area (Å²) in [4.78, 5) is 26.1. The van der Waals surface area contributed by atoms with E-state index in [0.29, 0.717) is 28.8 Å². The minimum atomic E-state index is -0.549. The van der Waals surface area contributed by atoms with Crippen LogP contribution in [0.25, 0.3) is 11.0 Å². The number of carbonyl (C=O) groups excluding carboxylic acids is 2. The molecule has 0 fully saturated rings. The Bertz CT molecular complexity index is 1010. The lowest BCUT2D eigenvalue weighted by Crippen LogP contribution is -2.33. The van der Waals surface area contributed by atoms with Gasteiger partial charge >= 0.3 is 6.09 Å². The second kappa shape index (κ2) is 7.67. The van der Waals surface area contributed by atoms with Crippen molar-refractivity contribution in [1.82, 2.24) is 20.3 Å². The fraction of sp³-hybridized carbons (Fsp3) is 0.300. The molecule has 0 aliphatic carbocycles. The highest BCUT2D eigenvalue weighted by Gasteiger charge is 2.19. The number of nitrogens with zero attached hydrogens (tertiary/aromatic N) is 3. The Balaban J connectivity index is 1.67. The maximum Gasteiger partial charge on any atom is 0.410 e. The van der Waals surface area contributed by atoms with Crippen molar-refractivity contribution in [2.75, 3.05) is 12.4 Å². The van der Waals surface area contributed by atoms with Crippen LogP contribution in [0, 0.1) is 0 Å². The largest absolute Gasteiger partial charge is 0.444 e. The molecule has 2 N–H and O–H groups in total. The molecule has 3 aromatic rings. The number of aromatic nitrogens is 3. The molecule has 0 saturated carbocycles. The predicted molar refractivity (Wildman–Crippen MR) is 106 cm³/mol. The second-order valence-electron chi connectivity index (χ2n) is 7.52. The molecule has 2 aromatic carbocycles. The van der Waals surface area contributed by atoms with Gasteiger partial charge in [-0.05, 0) is 56.7 Å². The molecule has 0 radical (unpaired) electrons. The zero-order chi connectivity index (χ0) is 20.3. The molecule has 0 bridgehead atoms. The SMILES string of the molecule is CN(Cc1cccc(NC(=O)c2ccc3n[nH]nc3c2)c1)C(=O)OC(C)(C)C. The summed E-state index contributed by atoms with van der Waals surface area (Å²) in [6.45, 7) is 5.84. The molecule has 146 valence electrons. The number of H-pyrrole nitrogens is 1. The normalized spacial score (nSPS) is 11.3. The van der Waals surface area contributed by atoms with Crippen molar-refractivity contribution in [2.24, 2.45) is 0 Å². The Labute approximate surface area is 162 Å². The van der Waals surface area contributed by atoms with E-state index in [2.05, 4.69) is 20.7 Å². The highest BCUT2D eigenvalue weighted by molar-refractivity contribution is 6.05. The van der Waals surface area contributed by atoms with Gasteiger partial charge in [-0.2, -0.15) is 15.4 Å². The van der Waals surface area contributed by atoms with E-state index in [-0.39, 0.29) is 5.91 Å². The lowest BCUT2D eigenvalue weighted by Gasteiger charge is -2.24. The first kappa shape index (κ1) is 19.3. The number of nitrogens with one attached hydrogen (secondary N) is 2. The summed E-state index contributed by atoms with van der Waals surface area (Å²) < 4.78 is 5.36. The minimum absolute atomic E-state index is 0.248. The third-order valence-electron chi connectivity index (χ3n) is 3.89. The Morgan fingerprint density at radius 2 is 1.86 bits per heavy atom. The first-order valence-corrected chi connectivity index (χ1v) is 8.86. The Morgan fingerprint density at radius 3 is 2.61 bits per heavy atom. The molecule has 8 heteroatoms. The van der Waals surface area contributed by atoms with Gasteiger partial charge in [0, 0.05) is 24.8 Å². The summed E-state index contributed by atoms with van der Waals surface area (Å²) in [6.07, 6.45) is -0.400. The molecule has 0 saturated heterocycles. The zero-order valence-electron chi connectivity index (χ0n) is 16.3. The number of carbonyl (C=O) groups is 2. The fourth-order valence-electron chi connectivity index (χ4n) is 2.61. The van der Waals surface area contributed by atoms with Gasteiger partial charge in [0.1, 0.15) is 16.6 Å². The number of benzene rings is 2. The Morgan fingerprint density at radius 1 is 1.11 bits per heavy atom. The van der Waals surface area contributed by atoms with E-state index in [1.54, 1.807) is 31.3 Å². The number of hydrogen-bond acceptors (Lipinski definition) is 5. The molecule has 0 spiro atoms. The van der Waals surface area contributed by atoms with Gasteiger partial charge in [0.2, 0.25) is 0 Å². The molecule has 28 heavy (non-hydrogen) atoms. The van der Waals surface area contributed by atoms with Crippen molar-refractivity contribution in [3.63, 3.8) is 0 Å². The molecule has 0 aliphatic heterocycles. The maximum absolute atomic E-state index is 12.5. The molecule has 8 nitrogen and oxygen atoms in total. The van der Waals surface area contributed by atoms with Crippen molar-refractivity contribution in [3.05, 3.63) is 53.6 Å². The summed E-state index contributed by atoms with van der Waals surface area (Å²) in [6, 6.07) is 12.4. The number of fused-ring (bicyclic) bond motifs is 1. The predicted octanol–water partition coefficient (Wildman–Crippen LogP) is 3.58. The van der Waals surface area contributed by atoms with Crippen LogP contribution in [-0.4, -0.2) is 45.0 Å². The van der Waals surface area contributed by atoms with Crippen LogP contribution in [-0.2, 0) is 11.3 Å². The Hall–Kier alpha value is -3.42. The van der Waals surface area contributed by atoms with E-state index in [9.17, 15) is 9.59 Å². The third kappa shape index (κ3) is 4.85. The van der Waals surface area contributed by atoms with Gasteiger partial charge < -0.3 is 15.0 Å². The van der Waals surface area contributed by atoms with Crippen LogP contribution in [0.4, 0.5) is 10.5 Å². The summed E-state index contributed by atoms with van der Waals surface area (Å²) in [7, 11) is 1.67. The van der Waals surface area contributed by atoms with Gasteiger partial charge in [0.05, 0.1) is 0 Å². The van der Waals surface area contributed by atoms with E-state index in [4.69, 9.17) is 4.74 Å². The lowest BCUT2D eigenvalue weighted by atomic mass is 10.1. The summed E-state index contributed by atoms with van der Waals surface area (Å²) in [5.41, 5.74) is 2.77. The molecule has 3 rings (SSSR count). The van der Waals surface area contributed by atoms with Crippen LogP contribution < -0.4 is 5.32 Å². The van der Waals surface area contributed by atoms with Gasteiger partial charge in [-0.1, -0.05) is 12.1 Å². The summed E-state index contributed by atoms with van der Waals surface area (Å²) in [5.74, 6) is -0.248. The molecule has 1 heterocycles. The average Bonchev–Trinajstić information content (AvgIpc) is 3.08. The molecule has 0 aliphatic rings. The third-order valence-corrected chi connectivity index (χ3v) is 3.89. The van der Waals surface area contributed by atoms with E-state index in [1.807, 2.05) is 39.0 Å². The van der Waals surface area contributed by atoms with Crippen LogP contribution in [0.5, 0.6) is 0 Å². The highest BCUT2D eigenvalue weighted by atomic mass is 16.6. The van der Waals surface area contributed by atoms with Crippen LogP contribution in [0.3, 0.4) is 0 Å². The van der Waals surface area contributed by atoms with Crippen molar-refractivity contribution in [3.8, 4) is 0 Å². The standard InChI is InChI=1S/C20H23N5O3/c1-20(2,3)28-19(27)25(4)12-13-6-5-7-15(10-13)21-18(26)14-8-9-16-17(11-14)23-24-22-16/h5-11H,12H2,1-4H3,(H,21,26)(H,22,23,24). The first-order chi connectivity index (χ1) is 13.2. The van der Waals surface area contributed by atoms with Crippen LogP contribution >= 0.6 is 0 Å². The van der Waals surface area contributed by atoms with Gasteiger partial charge in [-0.3, -0.25) is 4.79 Å². The fourth-order valence-corrected chi connectivity index (χ4v) is 2.61. The minimum Gasteiger partial charge on any atom is -0.444 e. The number of amides is 2. The quantitative estimate of drug-likeness (QED) is 0.719. The lowest BCUT2D eigenvalue weighted by molar-refractivity contribution is 0.0285. The van der Waals surface area contributed by atoms with Gasteiger partial charge in [0.15, 0.2) is 0 Å². The number of aromatic amines is 1. The van der Waals surface area contributed by atoms with Crippen molar-refractivity contribution < 1.29 is 14.3 Å². The monoisotopic (exact) mass is 381 g/mol. The second-order valence-corrected chi connectivity index (χ2v) is 7.52. The van der Waals surface area contributed by atoms with Crippen molar-refractivity contribution in [2.45, 2.75) is 32.9 Å². The zero-order valence-corrected chi connectivity index (χ0v) is 16.3. The van der Waals surface area contributed by atoms with Gasteiger partial charge in [-0.25, -0.2) is 4.79 Å². The number of ether oxygens (including phenoxy) is 1. The van der Waals surface area contributed by atoms with E-state index < -0.39 is 11.7 Å². The highest BCUT2D eigenvalue weighted by Crippen LogP contribution is 2.17. The maximum atomic E-state index is 12.5. The van der Waals surface area contributed by atoms with E-state index >= 15 is 0 Å². The van der Waals surface area contributed by atoms with Crippen molar-refractivity contribution in [1.29, 1.82) is 0 Å². The number of anilines is 1. The average molecular weight is 381 g/mol. The van der Waals surface area contributed by atoms with Crippen LogP contribution in [0.15, 0.2) is 42.5 Å². The van der Waals surface area contributed by atoms with Gasteiger partial charge in [-0.15, -0.1) is 0 Å². The van der Waals surface area contributed by atoms with E-state index in [0.717, 1.165) is 5.56 Å². The van der Waals surface area contributed by atoms with Crippen LogP contribution in [0.2, 0.25) is 0 Å². The first-order valence-electron chi connectivity index (χ1n) is 8.86. The summed E-state index contributed by atoms with van der Waals surface area (Å²) in [5, 5.41) is 13.4. The molecule has 2 amide bonds. The van der Waals surface area contributed by atoms with E-state index in [1.165, 1.54) is 4.90 Å². The Kier molecular flexibility index (Phi) is 5.30. The number of hydrogen-bond donors (Lipinski definition) is 2. The van der Waals surface area contributed by atoms with Crippen molar-refractivity contribution >= 4 is 28.7 Å². The summed E-state index contributed by atoms with van der Waals surface area (Å²) >= 11 is 0. The molecular formula is C20H23N5O3. The smallest absolute Gasteiger partial charge is 0.410 e. The molecule has 0 atom stereocenters. The molecule has 0 unspecified atom stereocenters. The number of rotatable bonds is 4. The molecular weight excluding hydrogens is 358 g/mol. The van der Waals surface area contributed by atoms with Gasteiger partial charge in [0.25, 0.3) is 5.91 Å². The van der Waals surface area contributed by atoms with Crippen LogP contribution in [0.1, 0.15) is 36.7 Å². The molecule has 1 aromatic heterocycles.